The van der Waals surface area contributed by atoms with Crippen LogP contribution in [0.5, 0.6) is 11.5 Å². The van der Waals surface area contributed by atoms with Crippen molar-refractivity contribution in [1.82, 2.24) is 0 Å². The van der Waals surface area contributed by atoms with Crippen LogP contribution in [-0.4, -0.2) is 20.1 Å². The molecule has 4 aromatic rings. The lowest BCUT2D eigenvalue weighted by Gasteiger charge is -2.36. The van der Waals surface area contributed by atoms with Gasteiger partial charge in [-0.05, 0) is 58.3 Å². The summed E-state index contributed by atoms with van der Waals surface area (Å²) in [6.07, 6.45) is 0.297. The monoisotopic (exact) mass is 441 g/mol. The van der Waals surface area contributed by atoms with Gasteiger partial charge < -0.3 is 14.4 Å². The highest BCUT2D eigenvalue weighted by Gasteiger charge is 2.35. The highest BCUT2D eigenvalue weighted by atomic mass is 19.1. The Morgan fingerprint density at radius 2 is 1.73 bits per heavy atom. The van der Waals surface area contributed by atoms with E-state index < -0.39 is 0 Å². The molecule has 0 fully saturated rings. The zero-order chi connectivity index (χ0) is 22.9. The van der Waals surface area contributed by atoms with E-state index in [1.54, 1.807) is 31.3 Å². The van der Waals surface area contributed by atoms with E-state index >= 15 is 0 Å². The predicted molar refractivity (Wildman–Crippen MR) is 128 cm³/mol. The van der Waals surface area contributed by atoms with Crippen molar-refractivity contribution in [2.75, 3.05) is 19.1 Å². The number of halogens is 1. The van der Waals surface area contributed by atoms with E-state index in [0.29, 0.717) is 18.7 Å². The molecule has 1 aliphatic heterocycles. The van der Waals surface area contributed by atoms with E-state index in [2.05, 4.69) is 12.1 Å². The second-order valence-corrected chi connectivity index (χ2v) is 8.19. The van der Waals surface area contributed by atoms with Gasteiger partial charge in [-0.25, -0.2) is 4.39 Å². The van der Waals surface area contributed by atoms with Crippen LogP contribution < -0.4 is 14.4 Å². The average Bonchev–Trinajstić information content (AvgIpc) is 2.86. The lowest BCUT2D eigenvalue weighted by molar-refractivity contribution is -0.119. The lowest BCUT2D eigenvalue weighted by atomic mass is 9.80. The van der Waals surface area contributed by atoms with Crippen LogP contribution in [0, 0.1) is 5.82 Å². The summed E-state index contributed by atoms with van der Waals surface area (Å²) in [6, 6.07) is 24.3. The van der Waals surface area contributed by atoms with Gasteiger partial charge in [-0.1, -0.05) is 42.5 Å². The molecule has 0 radical (unpaired) electrons. The van der Waals surface area contributed by atoms with Gasteiger partial charge in [0.25, 0.3) is 0 Å². The number of rotatable bonds is 5. The second kappa shape index (κ2) is 8.58. The predicted octanol–water partition coefficient (Wildman–Crippen LogP) is 6.06. The van der Waals surface area contributed by atoms with Crippen molar-refractivity contribution >= 4 is 22.4 Å². The molecule has 4 nitrogen and oxygen atoms in total. The van der Waals surface area contributed by atoms with Crippen molar-refractivity contribution < 1.29 is 18.7 Å². The molecular weight excluding hydrogens is 417 g/mol. The minimum Gasteiger partial charge on any atom is -0.497 e. The van der Waals surface area contributed by atoms with Crippen LogP contribution in [0.2, 0.25) is 0 Å². The van der Waals surface area contributed by atoms with Gasteiger partial charge in [0, 0.05) is 23.6 Å². The number of amides is 1. The third-order valence-corrected chi connectivity index (χ3v) is 6.33. The third kappa shape index (κ3) is 3.80. The molecular formula is C28H24FNO3. The van der Waals surface area contributed by atoms with Crippen LogP contribution in [0.1, 0.15) is 29.0 Å². The Morgan fingerprint density at radius 3 is 2.48 bits per heavy atom. The highest BCUT2D eigenvalue weighted by molar-refractivity contribution is 6.03. The van der Waals surface area contributed by atoms with Crippen LogP contribution >= 0.6 is 0 Å². The molecule has 0 bridgehead atoms. The van der Waals surface area contributed by atoms with Crippen LogP contribution in [0.4, 0.5) is 10.1 Å². The van der Waals surface area contributed by atoms with Crippen LogP contribution in [0.3, 0.4) is 0 Å². The Hall–Kier alpha value is -3.86. The Balaban J connectivity index is 1.70. The van der Waals surface area contributed by atoms with Gasteiger partial charge in [-0.15, -0.1) is 0 Å². The van der Waals surface area contributed by atoms with Gasteiger partial charge >= 0.3 is 0 Å². The largest absolute Gasteiger partial charge is 0.497 e. The van der Waals surface area contributed by atoms with E-state index in [-0.39, 0.29) is 17.6 Å². The smallest absolute Gasteiger partial charge is 0.228 e. The molecule has 0 spiro atoms. The van der Waals surface area contributed by atoms with Gasteiger partial charge in [0.15, 0.2) is 0 Å². The van der Waals surface area contributed by atoms with Gasteiger partial charge in [-0.2, -0.15) is 0 Å². The first-order valence-electron chi connectivity index (χ1n) is 10.9. The Kier molecular flexibility index (Phi) is 5.47. The summed E-state index contributed by atoms with van der Waals surface area (Å²) in [4.78, 5) is 15.3. The molecule has 1 heterocycles. The Labute approximate surface area is 192 Å². The summed E-state index contributed by atoms with van der Waals surface area (Å²) in [5.74, 6) is 0.971. The SMILES string of the molecule is COc1ccc(OC)c(C2CC(=O)N(Cc3ccc(F)cc3)c3ccc4ccccc4c32)c1. The Bertz CT molecular complexity index is 1330. The number of hydrogen-bond acceptors (Lipinski definition) is 3. The Morgan fingerprint density at radius 1 is 0.939 bits per heavy atom. The molecule has 166 valence electrons. The normalized spacial score (nSPS) is 15.4. The minimum atomic E-state index is -0.291. The molecule has 33 heavy (non-hydrogen) atoms. The van der Waals surface area contributed by atoms with Gasteiger partial charge in [-0.3, -0.25) is 4.79 Å². The molecule has 5 heteroatoms. The number of hydrogen-bond donors (Lipinski definition) is 0. The van der Waals surface area contributed by atoms with Gasteiger partial charge in [0.1, 0.15) is 17.3 Å². The zero-order valence-corrected chi connectivity index (χ0v) is 18.5. The van der Waals surface area contributed by atoms with Gasteiger partial charge in [0.2, 0.25) is 5.91 Å². The molecule has 4 aromatic carbocycles. The quantitative estimate of drug-likeness (QED) is 0.378. The third-order valence-electron chi connectivity index (χ3n) is 6.33. The van der Waals surface area contributed by atoms with Gasteiger partial charge in [0.05, 0.1) is 20.8 Å². The maximum Gasteiger partial charge on any atom is 0.228 e. The maximum absolute atomic E-state index is 13.5. The summed E-state index contributed by atoms with van der Waals surface area (Å²) < 4.78 is 24.6. The number of nitrogens with zero attached hydrogens (tertiary/aromatic N) is 1. The molecule has 0 aliphatic carbocycles. The number of methoxy groups -OCH3 is 2. The zero-order valence-electron chi connectivity index (χ0n) is 18.5. The number of ether oxygens (including phenoxy) is 2. The number of anilines is 1. The highest BCUT2D eigenvalue weighted by Crippen LogP contribution is 2.47. The summed E-state index contributed by atoms with van der Waals surface area (Å²) in [6.45, 7) is 0.381. The fourth-order valence-corrected chi connectivity index (χ4v) is 4.73. The fourth-order valence-electron chi connectivity index (χ4n) is 4.73. The van der Waals surface area contributed by atoms with Crippen molar-refractivity contribution in [1.29, 1.82) is 0 Å². The molecule has 0 saturated carbocycles. The fraction of sp³-hybridized carbons (Fsp3) is 0.179. The molecule has 0 saturated heterocycles. The number of carbonyl (C=O) groups is 1. The average molecular weight is 442 g/mol. The van der Waals surface area contributed by atoms with Crippen LogP contribution in [0.15, 0.2) is 78.9 Å². The first-order chi connectivity index (χ1) is 16.1. The van der Waals surface area contributed by atoms with Crippen molar-refractivity contribution in [2.24, 2.45) is 0 Å². The number of carbonyl (C=O) groups excluding carboxylic acids is 1. The number of fused-ring (bicyclic) bond motifs is 3. The van der Waals surface area contributed by atoms with Crippen LogP contribution in [-0.2, 0) is 11.3 Å². The molecule has 0 aromatic heterocycles. The maximum atomic E-state index is 13.5. The number of benzene rings is 4. The minimum absolute atomic E-state index is 0.0111. The van der Waals surface area contributed by atoms with Crippen molar-refractivity contribution in [2.45, 2.75) is 18.9 Å². The first-order valence-corrected chi connectivity index (χ1v) is 10.9. The van der Waals surface area contributed by atoms with E-state index in [1.807, 2.05) is 42.5 Å². The molecule has 0 N–H and O–H groups in total. The van der Waals surface area contributed by atoms with E-state index in [4.69, 9.17) is 9.47 Å². The van der Waals surface area contributed by atoms with E-state index in [0.717, 1.165) is 38.9 Å². The molecule has 5 rings (SSSR count). The lowest BCUT2D eigenvalue weighted by Crippen LogP contribution is -2.36. The molecule has 1 aliphatic rings. The van der Waals surface area contributed by atoms with Crippen molar-refractivity contribution in [3.05, 3.63) is 101 Å². The summed E-state index contributed by atoms with van der Waals surface area (Å²) in [5.41, 5.74) is 3.75. The molecule has 1 amide bonds. The second-order valence-electron chi connectivity index (χ2n) is 8.19. The van der Waals surface area contributed by atoms with Crippen molar-refractivity contribution in [3.63, 3.8) is 0 Å². The molecule has 1 atom stereocenters. The topological polar surface area (TPSA) is 38.8 Å². The van der Waals surface area contributed by atoms with Crippen LogP contribution in [0.25, 0.3) is 10.8 Å². The first kappa shape index (κ1) is 21.0. The summed E-state index contributed by atoms with van der Waals surface area (Å²) >= 11 is 0. The molecule has 1 unspecified atom stereocenters. The van der Waals surface area contributed by atoms with E-state index in [9.17, 15) is 9.18 Å². The standard InChI is InChI=1S/C28H24FNO3/c1-32-21-12-14-26(33-2)23(15-21)24-16-27(31)30(17-18-7-10-20(29)11-8-18)25-13-9-19-5-3-4-6-22(19)28(24)25/h3-15,24H,16-17H2,1-2H3. The summed E-state index contributed by atoms with van der Waals surface area (Å²) in [7, 11) is 3.27. The summed E-state index contributed by atoms with van der Waals surface area (Å²) in [5, 5.41) is 2.21. The van der Waals surface area contributed by atoms with E-state index in [1.165, 1.54) is 12.1 Å². The van der Waals surface area contributed by atoms with Crippen molar-refractivity contribution in [3.8, 4) is 11.5 Å².